The Morgan fingerprint density at radius 2 is 2.10 bits per heavy atom. The fourth-order valence-electron chi connectivity index (χ4n) is 2.70. The molecule has 0 saturated carbocycles. The highest BCUT2D eigenvalue weighted by Gasteiger charge is 2.12. The molecule has 1 aromatic heterocycles. The minimum absolute atomic E-state index is 0.0959. The molecule has 3 aromatic rings. The number of carbonyl (C=O) groups is 2. The van der Waals surface area contributed by atoms with Gasteiger partial charge < -0.3 is 19.9 Å². The number of hydrazone groups is 1. The molecule has 1 heterocycles. The van der Waals surface area contributed by atoms with Crippen LogP contribution in [0.3, 0.4) is 0 Å². The number of thiophene rings is 1. The molecule has 31 heavy (non-hydrogen) atoms. The summed E-state index contributed by atoms with van der Waals surface area (Å²) in [5, 5.41) is 17.6. The van der Waals surface area contributed by atoms with Crippen LogP contribution in [0.4, 0.5) is 4.39 Å². The van der Waals surface area contributed by atoms with Gasteiger partial charge in [0.25, 0.3) is 11.8 Å². The molecular weight excluding hydrogens is 425 g/mol. The van der Waals surface area contributed by atoms with Crippen LogP contribution in [0.2, 0.25) is 0 Å². The van der Waals surface area contributed by atoms with Gasteiger partial charge in [-0.15, -0.1) is 11.3 Å². The van der Waals surface area contributed by atoms with E-state index in [-0.39, 0.29) is 31.1 Å². The van der Waals surface area contributed by atoms with Crippen LogP contribution in [-0.2, 0) is 4.79 Å². The number of aliphatic hydroxyl groups is 1. The summed E-state index contributed by atoms with van der Waals surface area (Å²) < 4.78 is 24.7. The highest BCUT2D eigenvalue weighted by Crippen LogP contribution is 2.28. The summed E-state index contributed by atoms with van der Waals surface area (Å²) in [5.74, 6) is -0.593. The van der Waals surface area contributed by atoms with Crippen molar-refractivity contribution in [3.05, 3.63) is 58.7 Å². The third kappa shape index (κ3) is 5.56. The lowest BCUT2D eigenvalue weighted by Gasteiger charge is -2.11. The minimum atomic E-state index is -0.523. The zero-order chi connectivity index (χ0) is 22.2. The monoisotopic (exact) mass is 445 g/mol. The molecule has 8 nitrogen and oxygen atoms in total. The van der Waals surface area contributed by atoms with Crippen molar-refractivity contribution in [3.63, 3.8) is 0 Å². The van der Waals surface area contributed by atoms with E-state index in [4.69, 9.17) is 14.6 Å². The van der Waals surface area contributed by atoms with E-state index in [1.807, 2.05) is 0 Å². The van der Waals surface area contributed by atoms with E-state index in [9.17, 15) is 14.0 Å². The first-order valence-corrected chi connectivity index (χ1v) is 10.1. The molecule has 3 rings (SSSR count). The SMILES string of the molecule is COc1cc(C(=O)NCC(=O)N/N=C/c2csc3c(F)cccc23)ccc1OCCO. The number of methoxy groups -OCH3 is 1. The predicted octanol–water partition coefficient (Wildman–Crippen LogP) is 2.30. The first-order chi connectivity index (χ1) is 15.0. The largest absolute Gasteiger partial charge is 0.493 e. The van der Waals surface area contributed by atoms with Gasteiger partial charge in [0, 0.05) is 21.9 Å². The Kier molecular flexibility index (Phi) is 7.52. The lowest BCUT2D eigenvalue weighted by molar-refractivity contribution is -0.120. The summed E-state index contributed by atoms with van der Waals surface area (Å²) in [4.78, 5) is 24.2. The maximum atomic E-state index is 13.7. The van der Waals surface area contributed by atoms with E-state index >= 15 is 0 Å². The third-order valence-corrected chi connectivity index (χ3v) is 5.18. The molecule has 0 atom stereocenters. The van der Waals surface area contributed by atoms with Gasteiger partial charge in [0.05, 0.1) is 31.2 Å². The quantitative estimate of drug-likeness (QED) is 0.346. The van der Waals surface area contributed by atoms with Gasteiger partial charge >= 0.3 is 0 Å². The summed E-state index contributed by atoms with van der Waals surface area (Å²) in [6.45, 7) is -0.346. The van der Waals surface area contributed by atoms with Crippen molar-refractivity contribution in [2.45, 2.75) is 0 Å². The number of nitrogens with zero attached hydrogens (tertiary/aromatic N) is 1. The number of carbonyl (C=O) groups excluding carboxylic acids is 2. The highest BCUT2D eigenvalue weighted by molar-refractivity contribution is 7.17. The molecule has 0 unspecified atom stereocenters. The van der Waals surface area contributed by atoms with Crippen LogP contribution in [0.25, 0.3) is 10.1 Å². The van der Waals surface area contributed by atoms with Crippen LogP contribution >= 0.6 is 11.3 Å². The minimum Gasteiger partial charge on any atom is -0.493 e. The maximum absolute atomic E-state index is 13.7. The summed E-state index contributed by atoms with van der Waals surface area (Å²) >= 11 is 1.25. The fraction of sp³-hybridized carbons (Fsp3) is 0.190. The summed E-state index contributed by atoms with van der Waals surface area (Å²) in [6.07, 6.45) is 1.42. The van der Waals surface area contributed by atoms with Crippen LogP contribution in [0.5, 0.6) is 11.5 Å². The van der Waals surface area contributed by atoms with Gasteiger partial charge in [-0.05, 0) is 24.3 Å². The Labute approximate surface area is 181 Å². The second-order valence-corrected chi connectivity index (χ2v) is 7.10. The van der Waals surface area contributed by atoms with Crippen molar-refractivity contribution in [1.82, 2.24) is 10.7 Å². The molecule has 0 radical (unpaired) electrons. The normalized spacial score (nSPS) is 10.9. The molecule has 10 heteroatoms. The molecule has 0 aliphatic carbocycles. The van der Waals surface area contributed by atoms with Crippen LogP contribution in [0, 0.1) is 5.82 Å². The Hall–Kier alpha value is -3.50. The molecule has 0 spiro atoms. The van der Waals surface area contributed by atoms with Gasteiger partial charge in [-0.3, -0.25) is 9.59 Å². The number of amides is 2. The smallest absolute Gasteiger partial charge is 0.259 e. The molecule has 162 valence electrons. The number of hydrogen-bond donors (Lipinski definition) is 3. The second kappa shape index (κ2) is 10.5. The van der Waals surface area contributed by atoms with Gasteiger partial charge in [-0.1, -0.05) is 12.1 Å². The second-order valence-electron chi connectivity index (χ2n) is 6.22. The molecule has 0 fully saturated rings. The van der Waals surface area contributed by atoms with E-state index in [2.05, 4.69) is 15.8 Å². The number of halogens is 1. The van der Waals surface area contributed by atoms with E-state index in [1.165, 1.54) is 42.9 Å². The average Bonchev–Trinajstić information content (AvgIpc) is 3.20. The maximum Gasteiger partial charge on any atom is 0.259 e. The topological polar surface area (TPSA) is 109 Å². The van der Waals surface area contributed by atoms with Crippen molar-refractivity contribution in [3.8, 4) is 11.5 Å². The molecule has 2 aromatic carbocycles. The Morgan fingerprint density at radius 1 is 1.26 bits per heavy atom. The zero-order valence-electron chi connectivity index (χ0n) is 16.6. The van der Waals surface area contributed by atoms with Gasteiger partial charge in [-0.2, -0.15) is 5.10 Å². The van der Waals surface area contributed by atoms with Crippen molar-refractivity contribution >= 4 is 39.5 Å². The molecule has 2 amide bonds. The zero-order valence-corrected chi connectivity index (χ0v) is 17.4. The van der Waals surface area contributed by atoms with Gasteiger partial charge in [0.2, 0.25) is 0 Å². The molecular formula is C21H20FN3O5S. The van der Waals surface area contributed by atoms with E-state index in [0.29, 0.717) is 27.1 Å². The van der Waals surface area contributed by atoms with Crippen molar-refractivity contribution < 1.29 is 28.6 Å². The summed E-state index contributed by atoms with van der Waals surface area (Å²) in [5.41, 5.74) is 3.27. The number of ether oxygens (including phenoxy) is 2. The fourth-order valence-corrected chi connectivity index (χ4v) is 3.63. The average molecular weight is 445 g/mol. The van der Waals surface area contributed by atoms with Gasteiger partial charge in [-0.25, -0.2) is 9.82 Å². The number of fused-ring (bicyclic) bond motifs is 1. The third-order valence-electron chi connectivity index (χ3n) is 4.16. The molecule has 0 saturated heterocycles. The lowest BCUT2D eigenvalue weighted by Crippen LogP contribution is -2.34. The molecule has 0 aliphatic rings. The van der Waals surface area contributed by atoms with E-state index in [1.54, 1.807) is 23.6 Å². The summed E-state index contributed by atoms with van der Waals surface area (Å²) in [7, 11) is 1.43. The Morgan fingerprint density at radius 3 is 2.87 bits per heavy atom. The van der Waals surface area contributed by atoms with Crippen molar-refractivity contribution in [2.75, 3.05) is 26.9 Å². The molecule has 0 bridgehead atoms. The standard InChI is InChI=1S/C21H20FN3O5S/c1-29-18-9-13(5-6-17(18)30-8-7-26)21(28)23-11-19(27)25-24-10-14-12-31-20-15(14)3-2-4-16(20)22/h2-6,9-10,12,26H,7-8,11H2,1H3,(H,23,28)(H,25,27)/b24-10+. The van der Waals surface area contributed by atoms with Crippen molar-refractivity contribution in [2.24, 2.45) is 5.10 Å². The number of hydrogen-bond acceptors (Lipinski definition) is 7. The molecule has 0 aliphatic heterocycles. The van der Waals surface area contributed by atoms with Gasteiger partial charge in [0.15, 0.2) is 11.5 Å². The number of nitrogens with one attached hydrogen (secondary N) is 2. The Bertz CT molecular complexity index is 1120. The van der Waals surface area contributed by atoms with Gasteiger partial charge in [0.1, 0.15) is 12.4 Å². The number of benzene rings is 2. The van der Waals surface area contributed by atoms with E-state index < -0.39 is 11.8 Å². The van der Waals surface area contributed by atoms with Crippen LogP contribution < -0.4 is 20.2 Å². The summed E-state index contributed by atoms with van der Waals surface area (Å²) in [6, 6.07) is 9.29. The first-order valence-electron chi connectivity index (χ1n) is 9.21. The van der Waals surface area contributed by atoms with Crippen LogP contribution in [0.1, 0.15) is 15.9 Å². The first kappa shape index (κ1) is 22.2. The highest BCUT2D eigenvalue weighted by atomic mass is 32.1. The molecule has 3 N–H and O–H groups in total. The number of rotatable bonds is 9. The van der Waals surface area contributed by atoms with Crippen LogP contribution in [0.15, 0.2) is 46.9 Å². The van der Waals surface area contributed by atoms with E-state index in [0.717, 1.165) is 0 Å². The van der Waals surface area contributed by atoms with Crippen molar-refractivity contribution in [1.29, 1.82) is 0 Å². The van der Waals surface area contributed by atoms with Crippen LogP contribution in [-0.4, -0.2) is 50.0 Å². The number of aliphatic hydroxyl groups excluding tert-OH is 1. The Balaban J connectivity index is 1.53. The lowest BCUT2D eigenvalue weighted by atomic mass is 10.2. The predicted molar refractivity (Wildman–Crippen MR) is 115 cm³/mol.